The molecule has 1 heterocycles. The van der Waals surface area contributed by atoms with Gasteiger partial charge in [-0.15, -0.1) is 4.99 Å². The molecule has 0 aliphatic rings. The van der Waals surface area contributed by atoms with E-state index in [2.05, 4.69) is 45.9 Å². The molecule has 1 aromatic heterocycles. The fraction of sp³-hybridized carbons (Fsp3) is 0.294. The van der Waals surface area contributed by atoms with Crippen LogP contribution in [0.1, 0.15) is 11.4 Å². The van der Waals surface area contributed by atoms with Gasteiger partial charge in [0.25, 0.3) is 0 Å². The van der Waals surface area contributed by atoms with E-state index in [9.17, 15) is 22.4 Å². The van der Waals surface area contributed by atoms with E-state index < -0.39 is 23.8 Å². The predicted octanol–water partition coefficient (Wildman–Crippen LogP) is 1.90. The van der Waals surface area contributed by atoms with Gasteiger partial charge in [0.1, 0.15) is 11.5 Å². The quantitative estimate of drug-likeness (QED) is 0.0917. The lowest BCUT2D eigenvalue weighted by Crippen LogP contribution is -2.38. The Balaban J connectivity index is 2.29. The molecule has 34 heavy (non-hydrogen) atoms. The lowest BCUT2D eigenvalue weighted by Gasteiger charge is -2.11. The van der Waals surface area contributed by atoms with E-state index in [4.69, 9.17) is 21.6 Å². The van der Waals surface area contributed by atoms with Crippen LogP contribution in [-0.2, 0) is 20.9 Å². The van der Waals surface area contributed by atoms with Crippen molar-refractivity contribution in [1.29, 1.82) is 5.26 Å². The number of methoxy groups -OCH3 is 1. The zero-order valence-corrected chi connectivity index (χ0v) is 17.9. The van der Waals surface area contributed by atoms with E-state index in [1.807, 2.05) is 0 Å². The van der Waals surface area contributed by atoms with Gasteiger partial charge in [0.15, 0.2) is 5.69 Å². The summed E-state index contributed by atoms with van der Waals surface area (Å²) in [5.41, 5.74) is -0.263. The van der Waals surface area contributed by atoms with Crippen LogP contribution in [0.25, 0.3) is 0 Å². The van der Waals surface area contributed by atoms with Crippen LogP contribution < -0.4 is 16.0 Å². The molecule has 0 spiro atoms. The van der Waals surface area contributed by atoms with Crippen LogP contribution in [0.4, 0.5) is 23.2 Å². The molecule has 0 fully saturated rings. The van der Waals surface area contributed by atoms with Crippen LogP contribution in [0, 0.1) is 17.3 Å². The second-order valence-corrected chi connectivity index (χ2v) is 6.37. The third-order valence-corrected chi connectivity index (χ3v) is 3.89. The highest BCUT2D eigenvalue weighted by atomic mass is 35.5. The van der Waals surface area contributed by atoms with Gasteiger partial charge in [-0.1, -0.05) is 21.9 Å². The molecular weight excluding hydrogens is 492 g/mol. The maximum absolute atomic E-state index is 13.4. The van der Waals surface area contributed by atoms with Crippen LogP contribution in [-0.4, -0.2) is 54.5 Å². The van der Waals surface area contributed by atoms with Gasteiger partial charge in [-0.05, 0) is 23.4 Å². The lowest BCUT2D eigenvalue weighted by atomic mass is 10.2. The molecule has 12 nitrogen and oxygen atoms in total. The number of aliphatic imine (C=N–C) groups is 1. The number of aromatic nitrogens is 2. The molecule has 0 aliphatic carbocycles. The second kappa shape index (κ2) is 12.3. The number of rotatable bonds is 8. The molecule has 1 aromatic carbocycles. The summed E-state index contributed by atoms with van der Waals surface area (Å²) in [6, 6.07) is 3.26. The minimum absolute atomic E-state index is 0.0220. The second-order valence-electron chi connectivity index (χ2n) is 5.96. The van der Waals surface area contributed by atoms with Gasteiger partial charge in [-0.2, -0.15) is 18.4 Å². The SMILES string of the molecule is COCCN/C(=N/C#N)NCc1nonc1/C(=N/OC(=O)C(F)(F)F)Nc1ccc(F)c(Cl)c1. The maximum atomic E-state index is 13.4. The predicted molar refractivity (Wildman–Crippen MR) is 108 cm³/mol. The van der Waals surface area contributed by atoms with Gasteiger partial charge >= 0.3 is 12.1 Å². The van der Waals surface area contributed by atoms with Crippen molar-refractivity contribution < 1.29 is 36.6 Å². The number of amidine groups is 1. The Hall–Kier alpha value is -3.97. The molecule has 0 saturated heterocycles. The molecule has 0 unspecified atom stereocenters. The number of carbonyl (C=O) groups excluding carboxylic acids is 1. The molecule has 2 aromatic rings. The first-order valence-corrected chi connectivity index (χ1v) is 9.37. The monoisotopic (exact) mass is 506 g/mol. The Morgan fingerprint density at radius 2 is 2.09 bits per heavy atom. The Morgan fingerprint density at radius 1 is 1.32 bits per heavy atom. The van der Waals surface area contributed by atoms with Crippen LogP contribution in [0.2, 0.25) is 5.02 Å². The first-order chi connectivity index (χ1) is 16.2. The topological polar surface area (TPSA) is 159 Å². The first kappa shape index (κ1) is 26.3. The highest BCUT2D eigenvalue weighted by molar-refractivity contribution is 6.31. The fourth-order valence-corrected chi connectivity index (χ4v) is 2.29. The number of nitrogens with zero attached hydrogens (tertiary/aromatic N) is 5. The van der Waals surface area contributed by atoms with E-state index in [1.54, 1.807) is 6.19 Å². The van der Waals surface area contributed by atoms with E-state index in [0.717, 1.165) is 12.1 Å². The number of guanidine groups is 1. The van der Waals surface area contributed by atoms with Gasteiger partial charge in [0.05, 0.1) is 18.2 Å². The molecule has 3 N–H and O–H groups in total. The smallest absolute Gasteiger partial charge is 0.383 e. The van der Waals surface area contributed by atoms with Crippen molar-refractivity contribution in [3.8, 4) is 6.19 Å². The summed E-state index contributed by atoms with van der Waals surface area (Å²) < 4.78 is 60.5. The molecular formula is C17H15ClF4N8O4. The number of hydrogen-bond donors (Lipinski definition) is 3. The van der Waals surface area contributed by atoms with Gasteiger partial charge in [-0.25, -0.2) is 13.8 Å². The molecule has 0 radical (unpaired) electrons. The van der Waals surface area contributed by atoms with Gasteiger partial charge < -0.3 is 25.5 Å². The zero-order chi connectivity index (χ0) is 25.1. The van der Waals surface area contributed by atoms with Gasteiger partial charge in [-0.3, -0.25) is 0 Å². The summed E-state index contributed by atoms with van der Waals surface area (Å²) in [6.07, 6.45) is -3.75. The van der Waals surface area contributed by atoms with Gasteiger partial charge in [0, 0.05) is 19.3 Å². The molecule has 0 saturated carbocycles. The van der Waals surface area contributed by atoms with Crippen LogP contribution in [0.5, 0.6) is 0 Å². The number of halogens is 5. The molecule has 0 aliphatic heterocycles. The number of hydrogen-bond acceptors (Lipinski definition) is 9. The van der Waals surface area contributed by atoms with Crippen molar-refractivity contribution in [3.05, 3.63) is 40.4 Å². The molecule has 17 heteroatoms. The molecule has 2 rings (SSSR count). The minimum Gasteiger partial charge on any atom is -0.383 e. The molecule has 0 atom stereocenters. The zero-order valence-electron chi connectivity index (χ0n) is 17.1. The summed E-state index contributed by atoms with van der Waals surface area (Å²) in [6.45, 7) is 0.382. The third-order valence-electron chi connectivity index (χ3n) is 3.60. The molecule has 0 bridgehead atoms. The van der Waals surface area contributed by atoms with Crippen LogP contribution in [0.3, 0.4) is 0 Å². The fourth-order valence-electron chi connectivity index (χ4n) is 2.11. The van der Waals surface area contributed by atoms with Crippen molar-refractivity contribution in [3.63, 3.8) is 0 Å². The maximum Gasteiger partial charge on any atom is 0.493 e. The van der Waals surface area contributed by atoms with E-state index in [0.29, 0.717) is 13.2 Å². The van der Waals surface area contributed by atoms with Crippen molar-refractivity contribution in [2.75, 3.05) is 25.6 Å². The number of benzene rings is 1. The Morgan fingerprint density at radius 3 is 2.74 bits per heavy atom. The van der Waals surface area contributed by atoms with E-state index in [-0.39, 0.29) is 34.6 Å². The number of oxime groups is 1. The van der Waals surface area contributed by atoms with Crippen molar-refractivity contribution in [2.45, 2.75) is 12.7 Å². The summed E-state index contributed by atoms with van der Waals surface area (Å²) >= 11 is 5.71. The summed E-state index contributed by atoms with van der Waals surface area (Å²) in [5, 5.41) is 26.8. The number of alkyl halides is 3. The average Bonchev–Trinajstić information content (AvgIpc) is 3.25. The lowest BCUT2D eigenvalue weighted by molar-refractivity contribution is -0.199. The standard InChI is InChI=1S/C17H15ClF4N8O4/c1-32-5-4-24-16(26-8-23)25-7-12-13(29-34-28-12)14(30-33-15(31)17(20,21)22)27-9-2-3-11(19)10(18)6-9/h2-3,6H,4-5,7H2,1H3,(H,27,30)(H2,24,25,26). The summed E-state index contributed by atoms with van der Waals surface area (Å²) in [5.74, 6) is -3.89. The normalized spacial score (nSPS) is 12.1. The van der Waals surface area contributed by atoms with Gasteiger partial charge in [0.2, 0.25) is 18.0 Å². The molecule has 0 amide bonds. The Labute approximate surface area is 193 Å². The van der Waals surface area contributed by atoms with E-state index in [1.165, 1.54) is 13.2 Å². The van der Waals surface area contributed by atoms with Crippen LogP contribution in [0.15, 0.2) is 33.0 Å². The van der Waals surface area contributed by atoms with Crippen LogP contribution >= 0.6 is 11.6 Å². The largest absolute Gasteiger partial charge is 0.493 e. The number of anilines is 1. The highest BCUT2D eigenvalue weighted by Gasteiger charge is 2.42. The van der Waals surface area contributed by atoms with Crippen molar-refractivity contribution >= 4 is 35.1 Å². The number of nitrogens with one attached hydrogen (secondary N) is 3. The number of ether oxygens (including phenoxy) is 1. The average molecular weight is 507 g/mol. The summed E-state index contributed by atoms with van der Waals surface area (Å²) in [4.78, 5) is 18.5. The van der Waals surface area contributed by atoms with Crippen molar-refractivity contribution in [2.24, 2.45) is 10.1 Å². The Bertz CT molecular complexity index is 1100. The minimum atomic E-state index is -5.32. The number of carbonyl (C=O) groups is 1. The van der Waals surface area contributed by atoms with Crippen molar-refractivity contribution in [1.82, 2.24) is 20.9 Å². The summed E-state index contributed by atoms with van der Waals surface area (Å²) in [7, 11) is 1.47. The molecule has 182 valence electrons. The van der Waals surface area contributed by atoms with E-state index >= 15 is 0 Å². The third kappa shape index (κ3) is 7.86. The Kier molecular flexibility index (Phi) is 9.52. The number of nitriles is 1. The first-order valence-electron chi connectivity index (χ1n) is 8.99. The highest BCUT2D eigenvalue weighted by Crippen LogP contribution is 2.21.